The van der Waals surface area contributed by atoms with Crippen molar-refractivity contribution in [1.29, 1.82) is 0 Å². The molecule has 0 aliphatic rings. The average Bonchev–Trinajstić information content (AvgIpc) is 2.06. The molecular formula is C10H9BrO. The molecule has 0 bridgehead atoms. The molecule has 62 valence electrons. The van der Waals surface area contributed by atoms with Gasteiger partial charge in [-0.1, -0.05) is 34.1 Å². The van der Waals surface area contributed by atoms with Crippen LogP contribution in [-0.2, 0) is 0 Å². The van der Waals surface area contributed by atoms with Gasteiger partial charge in [-0.15, -0.1) is 6.58 Å². The number of carbonyl (C=O) groups excluding carboxylic acids is 1. The zero-order valence-corrected chi connectivity index (χ0v) is 8.17. The summed E-state index contributed by atoms with van der Waals surface area (Å²) in [5.41, 5.74) is 0.734. The minimum atomic E-state index is 0.109. The number of ketones is 1. The zero-order chi connectivity index (χ0) is 8.97. The van der Waals surface area contributed by atoms with Crippen LogP contribution in [0.4, 0.5) is 0 Å². The maximum absolute atomic E-state index is 11.3. The summed E-state index contributed by atoms with van der Waals surface area (Å²) >= 11 is 3.30. The number of Topliss-reactive ketones (excluding diaryl/α,β-unsaturated/α-hetero) is 1. The normalized spacial score (nSPS) is 9.42. The van der Waals surface area contributed by atoms with Crippen LogP contribution < -0.4 is 0 Å². The molecule has 0 fully saturated rings. The van der Waals surface area contributed by atoms with Crippen LogP contribution in [0, 0.1) is 0 Å². The zero-order valence-electron chi connectivity index (χ0n) is 6.59. The van der Waals surface area contributed by atoms with Crippen LogP contribution in [0.1, 0.15) is 16.8 Å². The van der Waals surface area contributed by atoms with Crippen molar-refractivity contribution in [2.75, 3.05) is 0 Å². The number of hydrogen-bond acceptors (Lipinski definition) is 1. The van der Waals surface area contributed by atoms with E-state index in [0.717, 1.165) is 10.0 Å². The highest BCUT2D eigenvalue weighted by molar-refractivity contribution is 9.10. The molecule has 0 unspecified atom stereocenters. The molecule has 1 aromatic carbocycles. The molecule has 0 radical (unpaired) electrons. The predicted molar refractivity (Wildman–Crippen MR) is 53.3 cm³/mol. The Morgan fingerprint density at radius 2 is 2.00 bits per heavy atom. The Morgan fingerprint density at radius 3 is 2.50 bits per heavy atom. The summed E-state index contributed by atoms with van der Waals surface area (Å²) in [6.07, 6.45) is 2.02. The summed E-state index contributed by atoms with van der Waals surface area (Å²) in [5, 5.41) is 0. The lowest BCUT2D eigenvalue weighted by atomic mass is 10.1. The minimum absolute atomic E-state index is 0.109. The Bertz CT molecular complexity index is 287. The molecule has 1 rings (SSSR count). The van der Waals surface area contributed by atoms with Crippen LogP contribution >= 0.6 is 15.9 Å². The molecule has 0 aliphatic heterocycles. The van der Waals surface area contributed by atoms with E-state index in [0.29, 0.717) is 6.42 Å². The highest BCUT2D eigenvalue weighted by atomic mass is 79.9. The van der Waals surface area contributed by atoms with Gasteiger partial charge in [0.05, 0.1) is 0 Å². The van der Waals surface area contributed by atoms with Crippen molar-refractivity contribution < 1.29 is 4.79 Å². The van der Waals surface area contributed by atoms with E-state index in [1.54, 1.807) is 18.2 Å². The molecular weight excluding hydrogens is 216 g/mol. The van der Waals surface area contributed by atoms with E-state index in [2.05, 4.69) is 22.5 Å². The summed E-state index contributed by atoms with van der Waals surface area (Å²) in [7, 11) is 0. The van der Waals surface area contributed by atoms with E-state index in [1.165, 1.54) is 0 Å². The average molecular weight is 225 g/mol. The highest BCUT2D eigenvalue weighted by Crippen LogP contribution is 2.11. The Hall–Kier alpha value is -0.890. The Morgan fingerprint density at radius 1 is 1.42 bits per heavy atom. The van der Waals surface area contributed by atoms with Gasteiger partial charge in [-0.25, -0.2) is 0 Å². The fourth-order valence-corrected chi connectivity index (χ4v) is 1.15. The van der Waals surface area contributed by atoms with Gasteiger partial charge in [-0.2, -0.15) is 0 Å². The van der Waals surface area contributed by atoms with Gasteiger partial charge in [0.1, 0.15) is 0 Å². The number of hydrogen-bond donors (Lipinski definition) is 0. The fraction of sp³-hybridized carbons (Fsp3) is 0.100. The third-order valence-electron chi connectivity index (χ3n) is 1.50. The molecule has 0 spiro atoms. The van der Waals surface area contributed by atoms with E-state index < -0.39 is 0 Å². The first kappa shape index (κ1) is 9.20. The smallest absolute Gasteiger partial charge is 0.166 e. The lowest BCUT2D eigenvalue weighted by Crippen LogP contribution is -1.95. The standard InChI is InChI=1S/C10H9BrO/c1-2-3-10(12)8-4-6-9(11)7-5-8/h2,4-7H,1,3H2. The Balaban J connectivity index is 2.82. The highest BCUT2D eigenvalue weighted by Gasteiger charge is 2.01. The van der Waals surface area contributed by atoms with Gasteiger partial charge in [0.25, 0.3) is 0 Å². The van der Waals surface area contributed by atoms with Crippen LogP contribution in [0.25, 0.3) is 0 Å². The quantitative estimate of drug-likeness (QED) is 0.570. The van der Waals surface area contributed by atoms with Crippen molar-refractivity contribution in [3.8, 4) is 0 Å². The molecule has 0 aliphatic carbocycles. The number of carbonyl (C=O) groups is 1. The molecule has 0 amide bonds. The SMILES string of the molecule is C=CCC(=O)c1ccc(Br)cc1. The Kier molecular flexibility index (Phi) is 3.23. The molecule has 0 saturated carbocycles. The molecule has 1 aromatic rings. The summed E-state index contributed by atoms with van der Waals surface area (Å²) in [6, 6.07) is 7.32. The van der Waals surface area contributed by atoms with Crippen molar-refractivity contribution in [1.82, 2.24) is 0 Å². The molecule has 0 atom stereocenters. The Labute approximate surface area is 80.2 Å². The van der Waals surface area contributed by atoms with E-state index in [1.807, 2.05) is 12.1 Å². The van der Waals surface area contributed by atoms with E-state index in [9.17, 15) is 4.79 Å². The van der Waals surface area contributed by atoms with Crippen LogP contribution in [-0.4, -0.2) is 5.78 Å². The first-order valence-corrected chi connectivity index (χ1v) is 4.43. The van der Waals surface area contributed by atoms with Crippen molar-refractivity contribution in [3.05, 3.63) is 47.0 Å². The maximum atomic E-state index is 11.3. The second-order valence-corrected chi connectivity index (χ2v) is 3.34. The number of benzene rings is 1. The summed E-state index contributed by atoms with van der Waals surface area (Å²) < 4.78 is 0.984. The van der Waals surface area contributed by atoms with Gasteiger partial charge >= 0.3 is 0 Å². The molecule has 0 N–H and O–H groups in total. The fourth-order valence-electron chi connectivity index (χ4n) is 0.885. The molecule has 2 heteroatoms. The van der Waals surface area contributed by atoms with Crippen molar-refractivity contribution in [2.45, 2.75) is 6.42 Å². The lowest BCUT2D eigenvalue weighted by Gasteiger charge is -1.96. The van der Waals surface area contributed by atoms with E-state index in [-0.39, 0.29) is 5.78 Å². The summed E-state index contributed by atoms with van der Waals surface area (Å²) in [5.74, 6) is 0.109. The van der Waals surface area contributed by atoms with Crippen LogP contribution in [0.3, 0.4) is 0 Å². The molecule has 0 heterocycles. The monoisotopic (exact) mass is 224 g/mol. The first-order chi connectivity index (χ1) is 5.74. The molecule has 0 aromatic heterocycles. The van der Waals surface area contributed by atoms with Gasteiger partial charge in [0.15, 0.2) is 5.78 Å². The second kappa shape index (κ2) is 4.21. The van der Waals surface area contributed by atoms with Crippen molar-refractivity contribution in [2.24, 2.45) is 0 Å². The third kappa shape index (κ3) is 2.31. The molecule has 0 saturated heterocycles. The lowest BCUT2D eigenvalue weighted by molar-refractivity contribution is 0.0996. The largest absolute Gasteiger partial charge is 0.294 e. The maximum Gasteiger partial charge on any atom is 0.166 e. The second-order valence-electron chi connectivity index (χ2n) is 2.42. The van der Waals surface area contributed by atoms with E-state index in [4.69, 9.17) is 0 Å². The topological polar surface area (TPSA) is 17.1 Å². The van der Waals surface area contributed by atoms with Crippen LogP contribution in [0.15, 0.2) is 41.4 Å². The predicted octanol–water partition coefficient (Wildman–Crippen LogP) is 3.21. The minimum Gasteiger partial charge on any atom is -0.294 e. The van der Waals surface area contributed by atoms with E-state index >= 15 is 0 Å². The van der Waals surface area contributed by atoms with Crippen molar-refractivity contribution >= 4 is 21.7 Å². The van der Waals surface area contributed by atoms with Gasteiger partial charge in [0, 0.05) is 16.5 Å². The van der Waals surface area contributed by atoms with Gasteiger partial charge < -0.3 is 0 Å². The third-order valence-corrected chi connectivity index (χ3v) is 2.02. The van der Waals surface area contributed by atoms with Gasteiger partial charge in [-0.05, 0) is 12.1 Å². The summed E-state index contributed by atoms with van der Waals surface area (Å²) in [6.45, 7) is 3.51. The van der Waals surface area contributed by atoms with Crippen LogP contribution in [0.2, 0.25) is 0 Å². The first-order valence-electron chi connectivity index (χ1n) is 3.63. The van der Waals surface area contributed by atoms with Gasteiger partial charge in [-0.3, -0.25) is 4.79 Å². The number of halogens is 1. The van der Waals surface area contributed by atoms with Gasteiger partial charge in [0.2, 0.25) is 0 Å². The van der Waals surface area contributed by atoms with Crippen molar-refractivity contribution in [3.63, 3.8) is 0 Å². The molecule has 12 heavy (non-hydrogen) atoms. The molecule has 1 nitrogen and oxygen atoms in total. The number of rotatable bonds is 3. The number of allylic oxidation sites excluding steroid dienone is 1. The van der Waals surface area contributed by atoms with Crippen LogP contribution in [0.5, 0.6) is 0 Å². The summed E-state index contributed by atoms with van der Waals surface area (Å²) in [4.78, 5) is 11.3.